The van der Waals surface area contributed by atoms with Crippen LogP contribution in [-0.4, -0.2) is 34.5 Å². The predicted molar refractivity (Wildman–Crippen MR) is 80.1 cm³/mol. The second kappa shape index (κ2) is 6.22. The Labute approximate surface area is 124 Å². The number of aromatic nitrogens is 3. The van der Waals surface area contributed by atoms with Gasteiger partial charge in [0.2, 0.25) is 0 Å². The highest BCUT2D eigenvalue weighted by molar-refractivity contribution is 5.39. The lowest BCUT2D eigenvalue weighted by atomic mass is 10.2. The van der Waals surface area contributed by atoms with E-state index in [4.69, 9.17) is 4.52 Å². The molecule has 112 valence electrons. The first kappa shape index (κ1) is 14.0. The minimum absolute atomic E-state index is 0.474. The fourth-order valence-corrected chi connectivity index (χ4v) is 2.91. The molecule has 3 heterocycles. The molecule has 1 atom stereocenters. The molecule has 0 aliphatic carbocycles. The molecular weight excluding hydrogens is 266 g/mol. The summed E-state index contributed by atoms with van der Waals surface area (Å²) in [7, 11) is 0. The minimum atomic E-state index is 0.474. The van der Waals surface area contributed by atoms with E-state index in [-0.39, 0.29) is 0 Å². The molecule has 1 aliphatic heterocycles. The smallest absolute Gasteiger partial charge is 0.151 e. The van der Waals surface area contributed by atoms with Crippen molar-refractivity contribution >= 4 is 5.82 Å². The zero-order valence-corrected chi connectivity index (χ0v) is 12.5. The van der Waals surface area contributed by atoms with Crippen LogP contribution in [0.3, 0.4) is 0 Å². The van der Waals surface area contributed by atoms with Crippen molar-refractivity contribution in [1.82, 2.24) is 20.7 Å². The molecule has 2 aromatic rings. The summed E-state index contributed by atoms with van der Waals surface area (Å²) in [6, 6.07) is 4.44. The maximum Gasteiger partial charge on any atom is 0.151 e. The van der Waals surface area contributed by atoms with E-state index in [1.165, 1.54) is 18.4 Å². The van der Waals surface area contributed by atoms with Gasteiger partial charge < -0.3 is 14.7 Å². The number of hydrogen-bond donors (Lipinski definition) is 1. The van der Waals surface area contributed by atoms with Gasteiger partial charge in [0, 0.05) is 37.4 Å². The van der Waals surface area contributed by atoms with E-state index in [2.05, 4.69) is 25.6 Å². The van der Waals surface area contributed by atoms with Crippen LogP contribution in [0.25, 0.3) is 0 Å². The lowest BCUT2D eigenvalue weighted by molar-refractivity contribution is 0.391. The fraction of sp³-hybridized carbons (Fsp3) is 0.533. The number of rotatable bonds is 5. The number of aryl methyl sites for hydroxylation is 2. The highest BCUT2D eigenvalue weighted by Gasteiger charge is 2.25. The summed E-state index contributed by atoms with van der Waals surface area (Å²) >= 11 is 0. The molecule has 1 fully saturated rings. The van der Waals surface area contributed by atoms with Crippen LogP contribution < -0.4 is 10.2 Å². The van der Waals surface area contributed by atoms with E-state index >= 15 is 0 Å². The van der Waals surface area contributed by atoms with Crippen molar-refractivity contribution in [3.05, 3.63) is 35.3 Å². The number of hydrogen-bond acceptors (Lipinski definition) is 6. The summed E-state index contributed by atoms with van der Waals surface area (Å²) in [5.74, 6) is 1.87. The molecule has 1 unspecified atom stereocenters. The molecule has 2 aromatic heterocycles. The van der Waals surface area contributed by atoms with Gasteiger partial charge in [-0.3, -0.25) is 0 Å². The van der Waals surface area contributed by atoms with E-state index in [1.807, 2.05) is 26.0 Å². The van der Waals surface area contributed by atoms with Crippen LogP contribution in [-0.2, 0) is 6.54 Å². The van der Waals surface area contributed by atoms with Crippen molar-refractivity contribution < 1.29 is 4.52 Å². The van der Waals surface area contributed by atoms with Crippen LogP contribution in [0.4, 0.5) is 5.82 Å². The second-order valence-electron chi connectivity index (χ2n) is 5.50. The van der Waals surface area contributed by atoms with E-state index in [0.717, 1.165) is 36.9 Å². The molecule has 21 heavy (non-hydrogen) atoms. The molecule has 1 aliphatic rings. The quantitative estimate of drug-likeness (QED) is 0.905. The lowest BCUT2D eigenvalue weighted by Gasteiger charge is -2.25. The van der Waals surface area contributed by atoms with E-state index < -0.39 is 0 Å². The zero-order valence-electron chi connectivity index (χ0n) is 12.5. The van der Waals surface area contributed by atoms with Gasteiger partial charge in [0.05, 0.1) is 5.69 Å². The Morgan fingerprint density at radius 2 is 2.33 bits per heavy atom. The number of nitrogens with one attached hydrogen (secondary N) is 1. The van der Waals surface area contributed by atoms with Crippen LogP contribution in [0.2, 0.25) is 0 Å². The van der Waals surface area contributed by atoms with Crippen molar-refractivity contribution in [2.45, 2.75) is 39.3 Å². The Balaban J connectivity index is 1.57. The van der Waals surface area contributed by atoms with Gasteiger partial charge in [-0.1, -0.05) is 5.16 Å². The average Bonchev–Trinajstić information content (AvgIpc) is 3.09. The van der Waals surface area contributed by atoms with Crippen molar-refractivity contribution in [3.63, 3.8) is 0 Å². The maximum absolute atomic E-state index is 5.19. The Morgan fingerprint density at radius 1 is 1.43 bits per heavy atom. The maximum atomic E-state index is 5.19. The minimum Gasteiger partial charge on any atom is -0.361 e. The van der Waals surface area contributed by atoms with Crippen LogP contribution in [0.15, 0.2) is 22.9 Å². The second-order valence-corrected chi connectivity index (χ2v) is 5.50. The van der Waals surface area contributed by atoms with Gasteiger partial charge in [-0.05, 0) is 38.8 Å². The third-order valence-corrected chi connectivity index (χ3v) is 4.09. The van der Waals surface area contributed by atoms with E-state index in [0.29, 0.717) is 6.04 Å². The standard InChI is InChI=1S/C15H21N5O/c1-11-14(12(2)21-19-11)10-16-9-13-5-4-8-20(13)15-6-3-7-17-18-15/h3,6-7,13,16H,4-5,8-10H2,1-2H3. The third kappa shape index (κ3) is 3.05. The van der Waals surface area contributed by atoms with Crippen molar-refractivity contribution in [1.29, 1.82) is 0 Å². The van der Waals surface area contributed by atoms with Crippen molar-refractivity contribution in [2.75, 3.05) is 18.0 Å². The van der Waals surface area contributed by atoms with Crippen LogP contribution >= 0.6 is 0 Å². The average molecular weight is 287 g/mol. The summed E-state index contributed by atoms with van der Waals surface area (Å²) in [6.45, 7) is 6.72. The molecule has 0 radical (unpaired) electrons. The molecule has 1 N–H and O–H groups in total. The number of anilines is 1. The molecule has 6 nitrogen and oxygen atoms in total. The molecule has 0 spiro atoms. The largest absolute Gasteiger partial charge is 0.361 e. The monoisotopic (exact) mass is 287 g/mol. The van der Waals surface area contributed by atoms with E-state index in [9.17, 15) is 0 Å². The summed E-state index contributed by atoms with van der Waals surface area (Å²) in [5, 5.41) is 15.7. The Morgan fingerprint density at radius 3 is 3.05 bits per heavy atom. The molecule has 3 rings (SSSR count). The highest BCUT2D eigenvalue weighted by atomic mass is 16.5. The molecule has 1 saturated heterocycles. The Hall–Kier alpha value is -1.95. The molecule has 0 saturated carbocycles. The summed E-state index contributed by atoms with van der Waals surface area (Å²) in [5.41, 5.74) is 2.14. The van der Waals surface area contributed by atoms with Gasteiger partial charge in [-0.25, -0.2) is 0 Å². The highest BCUT2D eigenvalue weighted by Crippen LogP contribution is 2.22. The van der Waals surface area contributed by atoms with Gasteiger partial charge in [0.25, 0.3) is 0 Å². The summed E-state index contributed by atoms with van der Waals surface area (Å²) in [6.07, 6.45) is 4.10. The van der Waals surface area contributed by atoms with Crippen molar-refractivity contribution in [2.24, 2.45) is 0 Å². The number of nitrogens with zero attached hydrogens (tertiary/aromatic N) is 4. The normalized spacial score (nSPS) is 18.4. The molecule has 0 bridgehead atoms. The SMILES string of the molecule is Cc1noc(C)c1CNCC1CCCN1c1cccnn1. The van der Waals surface area contributed by atoms with Gasteiger partial charge in [-0.15, -0.1) is 5.10 Å². The summed E-state index contributed by atoms with van der Waals surface area (Å²) < 4.78 is 5.19. The molecule has 0 amide bonds. The van der Waals surface area contributed by atoms with Gasteiger partial charge in [0.15, 0.2) is 5.82 Å². The lowest BCUT2D eigenvalue weighted by Crippen LogP contribution is -2.38. The fourth-order valence-electron chi connectivity index (χ4n) is 2.91. The Bertz CT molecular complexity index is 564. The molecular formula is C15H21N5O. The van der Waals surface area contributed by atoms with Gasteiger partial charge in [-0.2, -0.15) is 5.10 Å². The molecule has 6 heteroatoms. The van der Waals surface area contributed by atoms with Gasteiger partial charge in [0.1, 0.15) is 5.76 Å². The van der Waals surface area contributed by atoms with Gasteiger partial charge >= 0.3 is 0 Å². The van der Waals surface area contributed by atoms with Crippen LogP contribution in [0.1, 0.15) is 29.9 Å². The van der Waals surface area contributed by atoms with Crippen LogP contribution in [0.5, 0.6) is 0 Å². The molecule has 0 aromatic carbocycles. The van der Waals surface area contributed by atoms with Crippen LogP contribution in [0, 0.1) is 13.8 Å². The summed E-state index contributed by atoms with van der Waals surface area (Å²) in [4.78, 5) is 2.34. The first-order valence-corrected chi connectivity index (χ1v) is 7.42. The first-order chi connectivity index (χ1) is 10.3. The third-order valence-electron chi connectivity index (χ3n) is 4.09. The van der Waals surface area contributed by atoms with Crippen molar-refractivity contribution in [3.8, 4) is 0 Å². The van der Waals surface area contributed by atoms with E-state index in [1.54, 1.807) is 6.20 Å². The predicted octanol–water partition coefficient (Wildman–Crippen LogP) is 1.84. The zero-order chi connectivity index (χ0) is 14.7. The first-order valence-electron chi connectivity index (χ1n) is 7.42. The topological polar surface area (TPSA) is 67.1 Å². The Kier molecular flexibility index (Phi) is 4.15.